The number of nitrogens with one attached hydrogen (secondary N) is 1. The molecule has 16 heavy (non-hydrogen) atoms. The Morgan fingerprint density at radius 3 is 2.44 bits per heavy atom. The minimum atomic E-state index is 0.495. The molecule has 98 valence electrons. The second kappa shape index (κ2) is 11.7. The number of nitrogens with zero attached hydrogens (tertiary/aromatic N) is 1. The monoisotopic (exact) mass is 247 g/mol. The highest BCUT2D eigenvalue weighted by Gasteiger charge is 2.06. The predicted octanol–water partition coefficient (Wildman–Crippen LogP) is 1.39. The summed E-state index contributed by atoms with van der Waals surface area (Å²) in [6, 6.07) is 0.495. The van der Waals surface area contributed by atoms with Crippen molar-refractivity contribution in [2.45, 2.75) is 33.2 Å². The van der Waals surface area contributed by atoms with Crippen molar-refractivity contribution in [1.29, 1.82) is 0 Å². The lowest BCUT2D eigenvalue weighted by Gasteiger charge is -2.21. The highest BCUT2D eigenvalue weighted by atomic mass is 32.2. The summed E-state index contributed by atoms with van der Waals surface area (Å²) in [5.74, 6) is 2.42. The van der Waals surface area contributed by atoms with E-state index >= 15 is 0 Å². The Labute approximate surface area is 106 Å². The van der Waals surface area contributed by atoms with Crippen molar-refractivity contribution in [2.75, 3.05) is 44.2 Å². The number of nitrogens with two attached hydrogens (primary N) is 1. The van der Waals surface area contributed by atoms with Crippen molar-refractivity contribution in [1.82, 2.24) is 10.2 Å². The summed E-state index contributed by atoms with van der Waals surface area (Å²) in [4.78, 5) is 2.43. The fourth-order valence-corrected chi connectivity index (χ4v) is 2.38. The lowest BCUT2D eigenvalue weighted by atomic mass is 10.2. The second-order valence-electron chi connectivity index (χ2n) is 3.90. The minimum Gasteiger partial charge on any atom is -0.329 e. The maximum atomic E-state index is 5.75. The molecule has 0 bridgehead atoms. The maximum Gasteiger partial charge on any atom is 0.0198 e. The molecule has 0 saturated carbocycles. The average molecular weight is 247 g/mol. The van der Waals surface area contributed by atoms with Crippen LogP contribution in [0.2, 0.25) is 0 Å². The Morgan fingerprint density at radius 1 is 1.25 bits per heavy atom. The summed E-state index contributed by atoms with van der Waals surface area (Å²) in [5, 5.41) is 3.55. The van der Waals surface area contributed by atoms with Crippen molar-refractivity contribution >= 4 is 11.8 Å². The number of rotatable bonds is 11. The molecule has 0 aliphatic rings. The highest BCUT2D eigenvalue weighted by Crippen LogP contribution is 2.03. The van der Waals surface area contributed by atoms with Gasteiger partial charge in [0, 0.05) is 25.7 Å². The van der Waals surface area contributed by atoms with Crippen LogP contribution < -0.4 is 11.1 Å². The molecule has 0 spiro atoms. The molecule has 0 aromatic heterocycles. The van der Waals surface area contributed by atoms with E-state index in [0.717, 1.165) is 32.7 Å². The van der Waals surface area contributed by atoms with Gasteiger partial charge in [-0.25, -0.2) is 0 Å². The Hall–Kier alpha value is 0.230. The van der Waals surface area contributed by atoms with Crippen LogP contribution in [0.1, 0.15) is 27.2 Å². The third-order valence-corrected chi connectivity index (χ3v) is 3.79. The molecule has 0 radical (unpaired) electrons. The standard InChI is InChI=1S/C12H29N3S/c1-4-15(5-2)9-8-14-12(11-13)7-10-16-6-3/h12,14H,4-11,13H2,1-3H3. The zero-order valence-electron chi connectivity index (χ0n) is 11.2. The molecule has 0 heterocycles. The molecule has 0 aromatic carbocycles. The van der Waals surface area contributed by atoms with Gasteiger partial charge in [0.1, 0.15) is 0 Å². The van der Waals surface area contributed by atoms with Crippen molar-refractivity contribution in [3.63, 3.8) is 0 Å². The van der Waals surface area contributed by atoms with Crippen molar-refractivity contribution < 1.29 is 0 Å². The van der Waals surface area contributed by atoms with Crippen LogP contribution in [0, 0.1) is 0 Å². The van der Waals surface area contributed by atoms with Gasteiger partial charge in [-0.3, -0.25) is 0 Å². The third-order valence-electron chi connectivity index (χ3n) is 2.85. The number of hydrogen-bond donors (Lipinski definition) is 2. The third kappa shape index (κ3) is 8.39. The predicted molar refractivity (Wildman–Crippen MR) is 76.2 cm³/mol. The molecule has 0 saturated heterocycles. The van der Waals surface area contributed by atoms with Crippen LogP contribution in [0.3, 0.4) is 0 Å². The van der Waals surface area contributed by atoms with Crippen LogP contribution in [0.15, 0.2) is 0 Å². The molecule has 1 atom stereocenters. The van der Waals surface area contributed by atoms with Crippen LogP contribution >= 0.6 is 11.8 Å². The van der Waals surface area contributed by atoms with Gasteiger partial charge < -0.3 is 16.0 Å². The van der Waals surface area contributed by atoms with Crippen LogP contribution in [-0.2, 0) is 0 Å². The molecule has 0 fully saturated rings. The lowest BCUT2D eigenvalue weighted by molar-refractivity contribution is 0.296. The molecule has 0 amide bonds. The summed E-state index contributed by atoms with van der Waals surface area (Å²) in [7, 11) is 0. The fourth-order valence-electron chi connectivity index (χ4n) is 1.64. The van der Waals surface area contributed by atoms with Gasteiger partial charge in [0.05, 0.1) is 0 Å². The Bertz CT molecular complexity index is 140. The van der Waals surface area contributed by atoms with Gasteiger partial charge in [0.2, 0.25) is 0 Å². The number of thioether (sulfide) groups is 1. The first-order chi connectivity index (χ1) is 7.78. The molecule has 1 unspecified atom stereocenters. The van der Waals surface area contributed by atoms with Gasteiger partial charge in [-0.05, 0) is 31.0 Å². The SMILES string of the molecule is CCSCCC(CN)NCCN(CC)CC. The maximum absolute atomic E-state index is 5.75. The smallest absolute Gasteiger partial charge is 0.0198 e. The molecule has 3 N–H and O–H groups in total. The molecule has 0 aliphatic heterocycles. The lowest BCUT2D eigenvalue weighted by Crippen LogP contribution is -2.41. The summed E-state index contributed by atoms with van der Waals surface area (Å²) in [5.41, 5.74) is 5.75. The molecule has 4 heteroatoms. The van der Waals surface area contributed by atoms with Gasteiger partial charge >= 0.3 is 0 Å². The number of likely N-dealkylation sites (N-methyl/N-ethyl adjacent to an activating group) is 1. The van der Waals surface area contributed by atoms with Crippen LogP contribution in [0.25, 0.3) is 0 Å². The van der Waals surface area contributed by atoms with Crippen LogP contribution in [0.4, 0.5) is 0 Å². The Morgan fingerprint density at radius 2 is 1.94 bits per heavy atom. The summed E-state index contributed by atoms with van der Waals surface area (Å²) >= 11 is 1.99. The molecule has 3 nitrogen and oxygen atoms in total. The summed E-state index contributed by atoms with van der Waals surface area (Å²) in [6.07, 6.45) is 1.19. The molecular weight excluding hydrogens is 218 g/mol. The first kappa shape index (κ1) is 16.2. The second-order valence-corrected chi connectivity index (χ2v) is 5.29. The van der Waals surface area contributed by atoms with Crippen LogP contribution in [-0.4, -0.2) is 55.2 Å². The zero-order valence-corrected chi connectivity index (χ0v) is 12.0. The van der Waals surface area contributed by atoms with Gasteiger partial charge in [-0.1, -0.05) is 20.8 Å². The van der Waals surface area contributed by atoms with Crippen molar-refractivity contribution in [3.8, 4) is 0 Å². The van der Waals surface area contributed by atoms with E-state index in [1.807, 2.05) is 11.8 Å². The average Bonchev–Trinajstić information content (AvgIpc) is 2.32. The summed E-state index contributed by atoms with van der Waals surface area (Å²) in [6.45, 7) is 11.8. The van der Waals surface area contributed by atoms with E-state index in [9.17, 15) is 0 Å². The largest absolute Gasteiger partial charge is 0.329 e. The quantitative estimate of drug-likeness (QED) is 0.541. The normalized spacial score (nSPS) is 13.3. The van der Waals surface area contributed by atoms with Gasteiger partial charge in [0.15, 0.2) is 0 Å². The Balaban J connectivity index is 3.53. The van der Waals surface area contributed by atoms with E-state index in [1.54, 1.807) is 0 Å². The van der Waals surface area contributed by atoms with E-state index in [-0.39, 0.29) is 0 Å². The van der Waals surface area contributed by atoms with Gasteiger partial charge in [0.25, 0.3) is 0 Å². The highest BCUT2D eigenvalue weighted by molar-refractivity contribution is 7.99. The molecule has 0 rings (SSSR count). The first-order valence-electron chi connectivity index (χ1n) is 6.51. The first-order valence-corrected chi connectivity index (χ1v) is 7.67. The minimum absolute atomic E-state index is 0.495. The molecule has 0 aliphatic carbocycles. The van der Waals surface area contributed by atoms with E-state index in [4.69, 9.17) is 5.73 Å². The molecular formula is C12H29N3S. The number of hydrogen-bond acceptors (Lipinski definition) is 4. The van der Waals surface area contributed by atoms with E-state index in [0.29, 0.717) is 6.04 Å². The van der Waals surface area contributed by atoms with Gasteiger partial charge in [-0.2, -0.15) is 11.8 Å². The van der Waals surface area contributed by atoms with E-state index < -0.39 is 0 Å². The van der Waals surface area contributed by atoms with Crippen LogP contribution in [0.5, 0.6) is 0 Å². The molecule has 0 aromatic rings. The summed E-state index contributed by atoms with van der Waals surface area (Å²) < 4.78 is 0. The topological polar surface area (TPSA) is 41.3 Å². The van der Waals surface area contributed by atoms with E-state index in [1.165, 1.54) is 17.9 Å². The van der Waals surface area contributed by atoms with Crippen molar-refractivity contribution in [2.24, 2.45) is 5.73 Å². The van der Waals surface area contributed by atoms with Crippen molar-refractivity contribution in [3.05, 3.63) is 0 Å². The Kier molecular flexibility index (Phi) is 11.9. The van der Waals surface area contributed by atoms with Gasteiger partial charge in [-0.15, -0.1) is 0 Å². The van der Waals surface area contributed by atoms with E-state index in [2.05, 4.69) is 31.0 Å². The fraction of sp³-hybridized carbons (Fsp3) is 1.00. The zero-order chi connectivity index (χ0) is 12.2.